The smallest absolute Gasteiger partial charge is 0.338 e. The first-order valence-corrected chi connectivity index (χ1v) is 5.89. The Hall–Kier alpha value is -2.11. The Kier molecular flexibility index (Phi) is 5.29. The van der Waals surface area contributed by atoms with Crippen molar-refractivity contribution in [2.75, 3.05) is 18.9 Å². The molecule has 6 heteroatoms. The lowest BCUT2D eigenvalue weighted by Gasteiger charge is -2.08. The van der Waals surface area contributed by atoms with Crippen LogP contribution in [0.25, 0.3) is 0 Å². The minimum Gasteiger partial charge on any atom is -0.452 e. The van der Waals surface area contributed by atoms with E-state index in [-0.39, 0.29) is 11.3 Å². The molecule has 0 saturated carbocycles. The maximum Gasteiger partial charge on any atom is 0.338 e. The molecule has 0 aliphatic rings. The summed E-state index contributed by atoms with van der Waals surface area (Å²) in [4.78, 5) is 22.9. The number of hydrogen-bond donors (Lipinski definition) is 2. The van der Waals surface area contributed by atoms with Gasteiger partial charge in [0.1, 0.15) is 5.82 Å². The van der Waals surface area contributed by atoms with E-state index in [1.807, 2.05) is 13.8 Å². The number of amides is 1. The van der Waals surface area contributed by atoms with Crippen LogP contribution in [0.5, 0.6) is 0 Å². The molecule has 0 bridgehead atoms. The third kappa shape index (κ3) is 4.95. The highest BCUT2D eigenvalue weighted by molar-refractivity contribution is 5.91. The molecule has 1 amide bonds. The van der Waals surface area contributed by atoms with E-state index in [1.165, 1.54) is 12.1 Å². The molecule has 0 atom stereocenters. The van der Waals surface area contributed by atoms with E-state index < -0.39 is 24.3 Å². The number of anilines is 1. The van der Waals surface area contributed by atoms with Gasteiger partial charge in [-0.3, -0.25) is 4.79 Å². The van der Waals surface area contributed by atoms with E-state index in [4.69, 9.17) is 10.5 Å². The zero-order valence-corrected chi connectivity index (χ0v) is 10.9. The topological polar surface area (TPSA) is 81.4 Å². The Morgan fingerprint density at radius 2 is 2.11 bits per heavy atom. The van der Waals surface area contributed by atoms with Crippen LogP contribution in [0.15, 0.2) is 18.2 Å². The Morgan fingerprint density at radius 1 is 1.42 bits per heavy atom. The van der Waals surface area contributed by atoms with Gasteiger partial charge in [-0.05, 0) is 24.1 Å². The number of benzene rings is 1. The zero-order valence-electron chi connectivity index (χ0n) is 10.9. The van der Waals surface area contributed by atoms with Crippen LogP contribution in [0.1, 0.15) is 24.2 Å². The van der Waals surface area contributed by atoms with Gasteiger partial charge in [-0.15, -0.1) is 0 Å². The molecule has 0 saturated heterocycles. The molecule has 1 rings (SSSR count). The van der Waals surface area contributed by atoms with Crippen LogP contribution in [0, 0.1) is 11.7 Å². The summed E-state index contributed by atoms with van der Waals surface area (Å²) in [6.07, 6.45) is 0. The number of nitrogens with one attached hydrogen (secondary N) is 1. The van der Waals surface area contributed by atoms with Crippen LogP contribution in [0.3, 0.4) is 0 Å². The molecular formula is C13H17FN2O3. The van der Waals surface area contributed by atoms with Gasteiger partial charge in [0, 0.05) is 6.54 Å². The molecule has 5 nitrogen and oxygen atoms in total. The van der Waals surface area contributed by atoms with Gasteiger partial charge >= 0.3 is 5.97 Å². The highest BCUT2D eigenvalue weighted by atomic mass is 19.1. The molecule has 0 aromatic heterocycles. The lowest BCUT2D eigenvalue weighted by Crippen LogP contribution is -2.31. The summed E-state index contributed by atoms with van der Waals surface area (Å²) in [5.41, 5.74) is 5.25. The first kappa shape index (κ1) is 14.9. The average Bonchev–Trinajstić information content (AvgIpc) is 2.36. The number of halogens is 1. The fourth-order valence-electron chi connectivity index (χ4n) is 1.24. The standard InChI is InChI=1S/C13H17FN2O3/c1-8(2)6-16-12(17)7-19-13(18)9-3-4-11(15)10(14)5-9/h3-5,8H,6-7,15H2,1-2H3,(H,16,17). The summed E-state index contributed by atoms with van der Waals surface area (Å²) in [5, 5.41) is 2.60. The number of rotatable bonds is 5. The molecular weight excluding hydrogens is 251 g/mol. The molecule has 0 unspecified atom stereocenters. The normalized spacial score (nSPS) is 10.3. The monoisotopic (exact) mass is 268 g/mol. The summed E-state index contributed by atoms with van der Waals surface area (Å²) in [6.45, 7) is 4.01. The minimum atomic E-state index is -0.765. The molecule has 0 radical (unpaired) electrons. The Labute approximate surface area is 110 Å². The van der Waals surface area contributed by atoms with Crippen molar-refractivity contribution in [1.82, 2.24) is 5.32 Å². The second-order valence-electron chi connectivity index (χ2n) is 4.51. The number of hydrogen-bond acceptors (Lipinski definition) is 4. The van der Waals surface area contributed by atoms with Crippen LogP contribution >= 0.6 is 0 Å². The van der Waals surface area contributed by atoms with Crippen molar-refractivity contribution >= 4 is 17.6 Å². The van der Waals surface area contributed by atoms with E-state index in [1.54, 1.807) is 0 Å². The lowest BCUT2D eigenvalue weighted by molar-refractivity contribution is -0.124. The van der Waals surface area contributed by atoms with E-state index in [2.05, 4.69) is 5.32 Å². The molecule has 1 aromatic rings. The van der Waals surface area contributed by atoms with E-state index in [0.717, 1.165) is 6.07 Å². The summed E-state index contributed by atoms with van der Waals surface area (Å²) in [6, 6.07) is 3.58. The van der Waals surface area contributed by atoms with Crippen molar-refractivity contribution in [1.29, 1.82) is 0 Å². The quantitative estimate of drug-likeness (QED) is 0.623. The number of carbonyl (C=O) groups excluding carboxylic acids is 2. The number of carbonyl (C=O) groups is 2. The van der Waals surface area contributed by atoms with Crippen molar-refractivity contribution in [2.45, 2.75) is 13.8 Å². The molecule has 19 heavy (non-hydrogen) atoms. The fraction of sp³-hybridized carbons (Fsp3) is 0.385. The fourth-order valence-corrected chi connectivity index (χ4v) is 1.24. The van der Waals surface area contributed by atoms with Gasteiger partial charge in [0.25, 0.3) is 5.91 Å². The Bertz CT molecular complexity index is 475. The Morgan fingerprint density at radius 3 is 2.68 bits per heavy atom. The maximum absolute atomic E-state index is 13.1. The molecule has 0 heterocycles. The number of nitrogens with two attached hydrogens (primary N) is 1. The molecule has 1 aromatic carbocycles. The largest absolute Gasteiger partial charge is 0.452 e. The highest BCUT2D eigenvalue weighted by Crippen LogP contribution is 2.12. The van der Waals surface area contributed by atoms with Crippen molar-refractivity contribution in [2.24, 2.45) is 5.92 Å². The molecule has 104 valence electrons. The number of nitrogen functional groups attached to an aromatic ring is 1. The van der Waals surface area contributed by atoms with Gasteiger partial charge < -0.3 is 15.8 Å². The van der Waals surface area contributed by atoms with Gasteiger partial charge in [0.05, 0.1) is 11.3 Å². The minimum absolute atomic E-state index is 0.0170. The van der Waals surface area contributed by atoms with E-state index in [9.17, 15) is 14.0 Å². The summed E-state index contributed by atoms with van der Waals surface area (Å²) >= 11 is 0. The molecule has 0 aliphatic carbocycles. The second kappa shape index (κ2) is 6.72. The summed E-state index contributed by atoms with van der Waals surface area (Å²) in [5.74, 6) is -1.54. The molecule has 0 spiro atoms. The first-order valence-electron chi connectivity index (χ1n) is 5.89. The van der Waals surface area contributed by atoms with E-state index >= 15 is 0 Å². The van der Waals surface area contributed by atoms with Gasteiger partial charge in [0.15, 0.2) is 6.61 Å². The predicted molar refractivity (Wildman–Crippen MR) is 68.9 cm³/mol. The predicted octanol–water partition coefficient (Wildman–Crippen LogP) is 1.34. The van der Waals surface area contributed by atoms with Crippen LogP contribution in [0.4, 0.5) is 10.1 Å². The molecule has 0 fully saturated rings. The van der Waals surface area contributed by atoms with Crippen molar-refractivity contribution in [3.05, 3.63) is 29.6 Å². The third-order valence-electron chi connectivity index (χ3n) is 2.28. The maximum atomic E-state index is 13.1. The van der Waals surface area contributed by atoms with Crippen LogP contribution < -0.4 is 11.1 Å². The van der Waals surface area contributed by atoms with Crippen LogP contribution in [-0.2, 0) is 9.53 Å². The van der Waals surface area contributed by atoms with Crippen molar-refractivity contribution in [3.8, 4) is 0 Å². The summed E-state index contributed by atoms with van der Waals surface area (Å²) in [7, 11) is 0. The first-order chi connectivity index (χ1) is 8.90. The van der Waals surface area contributed by atoms with Crippen molar-refractivity contribution < 1.29 is 18.7 Å². The van der Waals surface area contributed by atoms with E-state index in [0.29, 0.717) is 12.5 Å². The summed E-state index contributed by atoms with van der Waals surface area (Å²) < 4.78 is 17.9. The third-order valence-corrected chi connectivity index (χ3v) is 2.28. The van der Waals surface area contributed by atoms with Gasteiger partial charge in [-0.2, -0.15) is 0 Å². The van der Waals surface area contributed by atoms with Crippen LogP contribution in [0.2, 0.25) is 0 Å². The van der Waals surface area contributed by atoms with Crippen molar-refractivity contribution in [3.63, 3.8) is 0 Å². The highest BCUT2D eigenvalue weighted by Gasteiger charge is 2.12. The molecule has 0 aliphatic heterocycles. The van der Waals surface area contributed by atoms with Crippen LogP contribution in [-0.4, -0.2) is 25.0 Å². The van der Waals surface area contributed by atoms with Gasteiger partial charge in [-0.1, -0.05) is 13.8 Å². The SMILES string of the molecule is CC(C)CNC(=O)COC(=O)c1ccc(N)c(F)c1. The average molecular weight is 268 g/mol. The van der Waals surface area contributed by atoms with Gasteiger partial charge in [0.2, 0.25) is 0 Å². The molecule has 3 N–H and O–H groups in total. The van der Waals surface area contributed by atoms with Gasteiger partial charge in [-0.25, -0.2) is 9.18 Å². The lowest BCUT2D eigenvalue weighted by atomic mass is 10.2. The second-order valence-corrected chi connectivity index (χ2v) is 4.51. The zero-order chi connectivity index (χ0) is 14.4. The Balaban J connectivity index is 2.47. The number of esters is 1. The number of ether oxygens (including phenoxy) is 1.